The summed E-state index contributed by atoms with van der Waals surface area (Å²) in [6, 6.07) is 0. The van der Waals surface area contributed by atoms with Gasteiger partial charge in [-0.15, -0.1) is 0 Å². The Morgan fingerprint density at radius 2 is 2.11 bits per heavy atom. The summed E-state index contributed by atoms with van der Waals surface area (Å²) in [6.07, 6.45) is 4.78. The number of aromatic nitrogens is 4. The van der Waals surface area contributed by atoms with Crippen molar-refractivity contribution >= 4 is 26.0 Å². The highest BCUT2D eigenvalue weighted by Crippen LogP contribution is 2.12. The van der Waals surface area contributed by atoms with Gasteiger partial charge in [-0.3, -0.25) is 9.36 Å². The maximum absolute atomic E-state index is 12.1. The largest absolute Gasteiger partial charge is 0.272 e. The number of halogens is 1. The second kappa shape index (κ2) is 5.43. The molecule has 2 aromatic rings. The first-order chi connectivity index (χ1) is 8.90. The third-order valence-electron chi connectivity index (χ3n) is 2.71. The van der Waals surface area contributed by atoms with Crippen molar-refractivity contribution < 1.29 is 8.42 Å². The van der Waals surface area contributed by atoms with E-state index in [2.05, 4.69) is 30.8 Å². The van der Waals surface area contributed by atoms with Crippen LogP contribution in [0.5, 0.6) is 0 Å². The van der Waals surface area contributed by atoms with E-state index in [1.165, 1.54) is 10.9 Å². The van der Waals surface area contributed by atoms with Crippen LogP contribution in [0.15, 0.2) is 28.0 Å². The Morgan fingerprint density at radius 3 is 2.63 bits per heavy atom. The SMILES string of the molecule is Cc1c(S(=O)(=O)NCCn2cc(Br)cn2)cnn1C. The van der Waals surface area contributed by atoms with Crippen molar-refractivity contribution in [2.24, 2.45) is 7.05 Å². The summed E-state index contributed by atoms with van der Waals surface area (Å²) in [7, 11) is -1.82. The molecule has 0 bridgehead atoms. The molecule has 104 valence electrons. The molecule has 1 N–H and O–H groups in total. The Labute approximate surface area is 119 Å². The van der Waals surface area contributed by atoms with Gasteiger partial charge in [-0.25, -0.2) is 13.1 Å². The molecule has 0 amide bonds. The lowest BCUT2D eigenvalue weighted by atomic mass is 10.5. The van der Waals surface area contributed by atoms with E-state index in [1.54, 1.807) is 31.0 Å². The second-order valence-electron chi connectivity index (χ2n) is 4.04. The normalized spacial score (nSPS) is 11.9. The highest BCUT2D eigenvalue weighted by atomic mass is 79.9. The zero-order valence-corrected chi connectivity index (χ0v) is 12.9. The van der Waals surface area contributed by atoms with Gasteiger partial charge in [0.15, 0.2) is 0 Å². The van der Waals surface area contributed by atoms with Gasteiger partial charge >= 0.3 is 0 Å². The third kappa shape index (κ3) is 3.23. The fourth-order valence-corrected chi connectivity index (χ4v) is 3.13. The summed E-state index contributed by atoms with van der Waals surface area (Å²) in [6.45, 7) is 2.45. The van der Waals surface area contributed by atoms with Crippen LogP contribution < -0.4 is 4.72 Å². The van der Waals surface area contributed by atoms with E-state index in [0.29, 0.717) is 12.2 Å². The van der Waals surface area contributed by atoms with Crippen LogP contribution in [0.1, 0.15) is 5.69 Å². The molecule has 0 fully saturated rings. The molecule has 2 heterocycles. The van der Waals surface area contributed by atoms with Crippen LogP contribution in [0.25, 0.3) is 0 Å². The van der Waals surface area contributed by atoms with Crippen LogP contribution in [-0.2, 0) is 23.6 Å². The first kappa shape index (κ1) is 14.2. The molecule has 0 radical (unpaired) electrons. The molecule has 0 saturated carbocycles. The van der Waals surface area contributed by atoms with Gasteiger partial charge in [0, 0.05) is 19.8 Å². The molecule has 0 unspecified atom stereocenters. The molecular formula is C10H14BrN5O2S. The Bertz CT molecular complexity index is 676. The van der Waals surface area contributed by atoms with Gasteiger partial charge in [0.25, 0.3) is 0 Å². The van der Waals surface area contributed by atoms with Crippen molar-refractivity contribution in [3.8, 4) is 0 Å². The predicted molar refractivity (Wildman–Crippen MR) is 73.1 cm³/mol. The molecule has 0 aliphatic rings. The number of sulfonamides is 1. The second-order valence-corrected chi connectivity index (χ2v) is 6.69. The molecule has 0 aliphatic carbocycles. The lowest BCUT2D eigenvalue weighted by Crippen LogP contribution is -2.28. The van der Waals surface area contributed by atoms with Crippen molar-refractivity contribution in [3.63, 3.8) is 0 Å². The summed E-state index contributed by atoms with van der Waals surface area (Å²) >= 11 is 3.28. The molecule has 0 aromatic carbocycles. The van der Waals surface area contributed by atoms with Crippen molar-refractivity contribution in [1.82, 2.24) is 24.3 Å². The standard InChI is InChI=1S/C10H14BrN5O2S/c1-8-10(6-12-15(8)2)19(17,18)14-3-4-16-7-9(11)5-13-16/h5-7,14H,3-4H2,1-2H3. The van der Waals surface area contributed by atoms with Crippen LogP contribution in [0.3, 0.4) is 0 Å². The van der Waals surface area contributed by atoms with E-state index in [-0.39, 0.29) is 11.4 Å². The van der Waals surface area contributed by atoms with Gasteiger partial charge in [0.1, 0.15) is 4.90 Å². The van der Waals surface area contributed by atoms with Gasteiger partial charge in [-0.2, -0.15) is 10.2 Å². The average molecular weight is 348 g/mol. The molecule has 2 aromatic heterocycles. The Morgan fingerprint density at radius 1 is 1.37 bits per heavy atom. The van der Waals surface area contributed by atoms with Crippen molar-refractivity contribution in [2.45, 2.75) is 18.4 Å². The summed E-state index contributed by atoms with van der Waals surface area (Å²) < 4.78 is 30.7. The van der Waals surface area contributed by atoms with E-state index in [1.807, 2.05) is 0 Å². The molecule has 19 heavy (non-hydrogen) atoms. The van der Waals surface area contributed by atoms with Crippen LogP contribution in [-0.4, -0.2) is 34.5 Å². The average Bonchev–Trinajstić information content (AvgIpc) is 2.87. The van der Waals surface area contributed by atoms with E-state index in [4.69, 9.17) is 0 Å². The molecule has 0 aliphatic heterocycles. The lowest BCUT2D eigenvalue weighted by Gasteiger charge is -2.06. The van der Waals surface area contributed by atoms with E-state index < -0.39 is 10.0 Å². The van der Waals surface area contributed by atoms with Crippen LogP contribution in [0, 0.1) is 6.92 Å². The molecule has 9 heteroatoms. The number of hydrogen-bond donors (Lipinski definition) is 1. The van der Waals surface area contributed by atoms with E-state index in [0.717, 1.165) is 4.47 Å². The van der Waals surface area contributed by atoms with Gasteiger partial charge in [0.05, 0.1) is 29.1 Å². The summed E-state index contributed by atoms with van der Waals surface area (Å²) in [5, 5.41) is 7.97. The zero-order valence-electron chi connectivity index (χ0n) is 10.5. The fraction of sp³-hybridized carbons (Fsp3) is 0.400. The zero-order chi connectivity index (χ0) is 14.0. The predicted octanol–water partition coefficient (Wildman–Crippen LogP) is 0.666. The minimum absolute atomic E-state index is 0.205. The van der Waals surface area contributed by atoms with Gasteiger partial charge in [-0.05, 0) is 22.9 Å². The Balaban J connectivity index is 2.00. The van der Waals surface area contributed by atoms with Crippen LogP contribution in [0.4, 0.5) is 0 Å². The molecular weight excluding hydrogens is 334 g/mol. The molecule has 2 rings (SSSR count). The van der Waals surface area contributed by atoms with Gasteiger partial charge in [0.2, 0.25) is 10.0 Å². The molecule has 0 atom stereocenters. The van der Waals surface area contributed by atoms with Gasteiger partial charge < -0.3 is 0 Å². The first-order valence-electron chi connectivity index (χ1n) is 5.56. The highest BCUT2D eigenvalue weighted by Gasteiger charge is 2.19. The van der Waals surface area contributed by atoms with Crippen LogP contribution in [0.2, 0.25) is 0 Å². The van der Waals surface area contributed by atoms with Crippen molar-refractivity contribution in [1.29, 1.82) is 0 Å². The third-order valence-corrected chi connectivity index (χ3v) is 4.69. The quantitative estimate of drug-likeness (QED) is 0.861. The number of nitrogens with one attached hydrogen (secondary N) is 1. The monoisotopic (exact) mass is 347 g/mol. The fourth-order valence-electron chi connectivity index (χ4n) is 1.58. The topological polar surface area (TPSA) is 81.8 Å². The number of aryl methyl sites for hydroxylation is 1. The maximum atomic E-state index is 12.1. The highest BCUT2D eigenvalue weighted by molar-refractivity contribution is 9.10. The molecule has 7 nitrogen and oxygen atoms in total. The Hall–Kier alpha value is -1.19. The number of rotatable bonds is 5. The lowest BCUT2D eigenvalue weighted by molar-refractivity contribution is 0.560. The minimum atomic E-state index is -3.52. The minimum Gasteiger partial charge on any atom is -0.272 e. The number of nitrogens with zero attached hydrogens (tertiary/aromatic N) is 4. The smallest absolute Gasteiger partial charge is 0.244 e. The van der Waals surface area contributed by atoms with Gasteiger partial charge in [-0.1, -0.05) is 0 Å². The summed E-state index contributed by atoms with van der Waals surface area (Å²) in [4.78, 5) is 0.205. The summed E-state index contributed by atoms with van der Waals surface area (Å²) in [5.74, 6) is 0. The van der Waals surface area contributed by atoms with Crippen molar-refractivity contribution in [3.05, 3.63) is 28.8 Å². The molecule has 0 spiro atoms. The van der Waals surface area contributed by atoms with E-state index >= 15 is 0 Å². The van der Waals surface area contributed by atoms with Crippen LogP contribution >= 0.6 is 15.9 Å². The Kier molecular flexibility index (Phi) is 4.07. The maximum Gasteiger partial charge on any atom is 0.244 e. The van der Waals surface area contributed by atoms with Crippen molar-refractivity contribution in [2.75, 3.05) is 6.54 Å². The number of hydrogen-bond acceptors (Lipinski definition) is 4. The summed E-state index contributed by atoms with van der Waals surface area (Å²) in [5.41, 5.74) is 0.606. The molecule has 0 saturated heterocycles. The van der Waals surface area contributed by atoms with E-state index in [9.17, 15) is 8.42 Å². The first-order valence-corrected chi connectivity index (χ1v) is 7.84.